The normalized spacial score (nSPS) is 9.61. The number of hydrogen-bond donors (Lipinski definition) is 1. The lowest BCUT2D eigenvalue weighted by molar-refractivity contribution is -0.305. The number of carbonyl (C=O) groups is 2. The highest BCUT2D eigenvalue weighted by atomic mass is 16.5. The fraction of sp³-hybridized carbons (Fsp3) is 0.333. The van der Waals surface area contributed by atoms with Gasteiger partial charge in [-0.1, -0.05) is 0 Å². The molecular formula is C12H14NO5-. The Bertz CT molecular complexity index is 401. The van der Waals surface area contributed by atoms with Gasteiger partial charge in [-0.3, -0.25) is 4.79 Å². The van der Waals surface area contributed by atoms with Gasteiger partial charge < -0.3 is 24.7 Å². The summed E-state index contributed by atoms with van der Waals surface area (Å²) in [6, 6.07) is 6.77. The molecule has 0 fully saturated rings. The van der Waals surface area contributed by atoms with E-state index >= 15 is 0 Å². The predicted octanol–water partition coefficient (Wildman–Crippen LogP) is -0.670. The summed E-state index contributed by atoms with van der Waals surface area (Å²) < 4.78 is 10.2. The van der Waals surface area contributed by atoms with Crippen molar-refractivity contribution in [2.24, 2.45) is 0 Å². The molecule has 0 aliphatic carbocycles. The van der Waals surface area contributed by atoms with E-state index in [1.165, 1.54) is 0 Å². The van der Waals surface area contributed by atoms with Crippen molar-refractivity contribution in [1.82, 2.24) is 5.32 Å². The number of benzene rings is 1. The Hall–Kier alpha value is -2.24. The Balaban J connectivity index is 2.26. The highest BCUT2D eigenvalue weighted by molar-refractivity contribution is 5.78. The maximum atomic E-state index is 11.2. The molecule has 6 heteroatoms. The minimum Gasteiger partial charge on any atom is -0.550 e. The highest BCUT2D eigenvalue weighted by Gasteiger charge is 2.02. The Morgan fingerprint density at radius 2 is 1.83 bits per heavy atom. The predicted molar refractivity (Wildman–Crippen MR) is 61.1 cm³/mol. The van der Waals surface area contributed by atoms with Crippen LogP contribution in [0.5, 0.6) is 11.5 Å². The first kappa shape index (κ1) is 13.8. The zero-order valence-corrected chi connectivity index (χ0v) is 9.97. The lowest BCUT2D eigenvalue weighted by Gasteiger charge is -2.08. The third-order valence-corrected chi connectivity index (χ3v) is 2.08. The second kappa shape index (κ2) is 7.16. The first-order valence-corrected chi connectivity index (χ1v) is 5.35. The lowest BCUT2D eigenvalue weighted by Crippen LogP contribution is -2.33. The summed E-state index contributed by atoms with van der Waals surface area (Å²) in [7, 11) is 1.56. The minimum absolute atomic E-state index is 0.0349. The number of amides is 1. The summed E-state index contributed by atoms with van der Waals surface area (Å²) in [6.45, 7) is -0.132. The molecule has 0 radical (unpaired) electrons. The standard InChI is InChI=1S/C12H15NO5/c1-17-9-2-4-10(5-3-9)18-8-11(14)13-7-6-12(15)16/h2-5H,6-8H2,1H3,(H,13,14)(H,15,16)/p-1. The van der Waals surface area contributed by atoms with Crippen molar-refractivity contribution >= 4 is 11.9 Å². The molecule has 98 valence electrons. The second-order valence-electron chi connectivity index (χ2n) is 3.44. The summed E-state index contributed by atoms with van der Waals surface area (Å²) in [5.41, 5.74) is 0. The quantitative estimate of drug-likeness (QED) is 0.695. The maximum Gasteiger partial charge on any atom is 0.257 e. The van der Waals surface area contributed by atoms with E-state index in [1.807, 2.05) is 0 Å². The van der Waals surface area contributed by atoms with Crippen molar-refractivity contribution in [3.8, 4) is 11.5 Å². The largest absolute Gasteiger partial charge is 0.550 e. The fourth-order valence-electron chi connectivity index (χ4n) is 1.18. The first-order chi connectivity index (χ1) is 8.61. The van der Waals surface area contributed by atoms with Gasteiger partial charge in [-0.25, -0.2) is 0 Å². The Morgan fingerprint density at radius 1 is 1.22 bits per heavy atom. The van der Waals surface area contributed by atoms with Crippen molar-refractivity contribution in [3.63, 3.8) is 0 Å². The Labute approximate surface area is 105 Å². The average molecular weight is 252 g/mol. The molecule has 0 saturated carbocycles. The maximum absolute atomic E-state index is 11.2. The zero-order valence-electron chi connectivity index (χ0n) is 9.97. The molecule has 1 aromatic rings. The molecule has 1 N–H and O–H groups in total. The number of methoxy groups -OCH3 is 1. The molecule has 0 saturated heterocycles. The smallest absolute Gasteiger partial charge is 0.257 e. The van der Waals surface area contributed by atoms with Crippen LogP contribution in [-0.4, -0.2) is 32.1 Å². The number of nitrogens with one attached hydrogen (secondary N) is 1. The molecule has 1 amide bonds. The molecule has 0 spiro atoms. The van der Waals surface area contributed by atoms with Gasteiger partial charge in [-0.05, 0) is 24.3 Å². The van der Waals surface area contributed by atoms with Gasteiger partial charge in [0.05, 0.1) is 7.11 Å². The van der Waals surface area contributed by atoms with Gasteiger partial charge in [-0.15, -0.1) is 0 Å². The van der Waals surface area contributed by atoms with Gasteiger partial charge in [0, 0.05) is 18.9 Å². The summed E-state index contributed by atoms with van der Waals surface area (Å²) in [4.78, 5) is 21.4. The van der Waals surface area contributed by atoms with Crippen LogP contribution in [0.15, 0.2) is 24.3 Å². The summed E-state index contributed by atoms with van der Waals surface area (Å²) in [6.07, 6.45) is -0.214. The third-order valence-electron chi connectivity index (χ3n) is 2.08. The van der Waals surface area contributed by atoms with Crippen molar-refractivity contribution in [2.75, 3.05) is 20.3 Å². The Morgan fingerprint density at radius 3 is 2.39 bits per heavy atom. The van der Waals surface area contributed by atoms with Crippen LogP contribution in [-0.2, 0) is 9.59 Å². The van der Waals surface area contributed by atoms with E-state index in [9.17, 15) is 14.7 Å². The van der Waals surface area contributed by atoms with Crippen LogP contribution in [0, 0.1) is 0 Å². The molecule has 18 heavy (non-hydrogen) atoms. The molecular weight excluding hydrogens is 238 g/mol. The summed E-state index contributed by atoms with van der Waals surface area (Å²) in [5.74, 6) is -0.356. The number of carboxylic acid groups (broad SMARTS) is 1. The molecule has 1 aromatic carbocycles. The number of ether oxygens (including phenoxy) is 2. The van der Waals surface area contributed by atoms with Crippen LogP contribution in [0.1, 0.15) is 6.42 Å². The molecule has 6 nitrogen and oxygen atoms in total. The SMILES string of the molecule is COc1ccc(OCC(=O)NCCC(=O)[O-])cc1. The third kappa shape index (κ3) is 5.20. The first-order valence-electron chi connectivity index (χ1n) is 5.35. The second-order valence-corrected chi connectivity index (χ2v) is 3.44. The lowest BCUT2D eigenvalue weighted by atomic mass is 10.3. The van der Waals surface area contributed by atoms with Crippen LogP contribution in [0.25, 0.3) is 0 Å². The van der Waals surface area contributed by atoms with E-state index in [2.05, 4.69) is 5.32 Å². The van der Waals surface area contributed by atoms with Crippen LogP contribution < -0.4 is 19.9 Å². The number of hydrogen-bond acceptors (Lipinski definition) is 5. The van der Waals surface area contributed by atoms with Gasteiger partial charge in [0.1, 0.15) is 11.5 Å². The summed E-state index contributed by atoms with van der Waals surface area (Å²) >= 11 is 0. The summed E-state index contributed by atoms with van der Waals surface area (Å²) in [5, 5.41) is 12.5. The van der Waals surface area contributed by atoms with Crippen molar-refractivity contribution in [3.05, 3.63) is 24.3 Å². The molecule has 0 heterocycles. The van der Waals surface area contributed by atoms with Crippen molar-refractivity contribution in [1.29, 1.82) is 0 Å². The van der Waals surface area contributed by atoms with Gasteiger partial charge in [-0.2, -0.15) is 0 Å². The molecule has 0 unspecified atom stereocenters. The monoisotopic (exact) mass is 252 g/mol. The van der Waals surface area contributed by atoms with Crippen LogP contribution >= 0.6 is 0 Å². The van der Waals surface area contributed by atoms with Gasteiger partial charge in [0.25, 0.3) is 5.91 Å². The molecule has 0 aromatic heterocycles. The van der Waals surface area contributed by atoms with E-state index in [0.717, 1.165) is 0 Å². The van der Waals surface area contributed by atoms with Crippen LogP contribution in [0.4, 0.5) is 0 Å². The van der Waals surface area contributed by atoms with Gasteiger partial charge in [0.2, 0.25) is 0 Å². The topological polar surface area (TPSA) is 87.7 Å². The molecule has 0 bridgehead atoms. The van der Waals surface area contributed by atoms with Crippen LogP contribution in [0.3, 0.4) is 0 Å². The van der Waals surface area contributed by atoms with Crippen molar-refractivity contribution in [2.45, 2.75) is 6.42 Å². The van der Waals surface area contributed by atoms with E-state index in [-0.39, 0.29) is 25.5 Å². The average Bonchev–Trinajstić information content (AvgIpc) is 2.36. The number of rotatable bonds is 7. The molecule has 0 aliphatic heterocycles. The van der Waals surface area contributed by atoms with E-state index in [4.69, 9.17) is 9.47 Å². The highest BCUT2D eigenvalue weighted by Crippen LogP contribution is 2.16. The zero-order chi connectivity index (χ0) is 13.4. The van der Waals surface area contributed by atoms with Crippen LogP contribution in [0.2, 0.25) is 0 Å². The number of aliphatic carboxylic acids is 1. The van der Waals surface area contributed by atoms with Gasteiger partial charge in [0.15, 0.2) is 6.61 Å². The number of carboxylic acids is 1. The van der Waals surface area contributed by atoms with Crippen molar-refractivity contribution < 1.29 is 24.2 Å². The molecule has 0 atom stereocenters. The minimum atomic E-state index is -1.20. The molecule has 1 rings (SSSR count). The van der Waals surface area contributed by atoms with E-state index in [1.54, 1.807) is 31.4 Å². The number of carbonyl (C=O) groups excluding carboxylic acids is 2. The van der Waals surface area contributed by atoms with E-state index < -0.39 is 5.97 Å². The van der Waals surface area contributed by atoms with Gasteiger partial charge >= 0.3 is 0 Å². The fourth-order valence-corrected chi connectivity index (χ4v) is 1.18. The van der Waals surface area contributed by atoms with E-state index in [0.29, 0.717) is 11.5 Å². The molecule has 0 aliphatic rings. The Kier molecular flexibility index (Phi) is 5.50.